The molecule has 4 aromatic rings. The van der Waals surface area contributed by atoms with Crippen LogP contribution in [0.1, 0.15) is 62.1 Å². The van der Waals surface area contributed by atoms with Crippen molar-refractivity contribution in [2.75, 3.05) is 18.6 Å². The standard InChI is InChI=1S/C37H36N2O3.HI/c1-37(2)34(38(22-21-35(40)41)33-19-13-25-7-4-5-8-28(25)36(33)37)20-12-24-11-18-32-30(23-24)29-9-6-10-31(29)39(32)26-14-16-27(42-3)17-15-26;/h4-5,7-8,11-20,23,29,31H,6,9-10,21-22H2,1-3H3;1H. The second-order valence-electron chi connectivity index (χ2n) is 12.3. The lowest BCUT2D eigenvalue weighted by Crippen LogP contribution is -3.00. The minimum Gasteiger partial charge on any atom is -1.00 e. The van der Waals surface area contributed by atoms with E-state index in [1.807, 2.05) is 12.1 Å². The van der Waals surface area contributed by atoms with Crippen LogP contribution in [-0.4, -0.2) is 41.1 Å². The molecule has 0 spiro atoms. The highest BCUT2D eigenvalue weighted by molar-refractivity contribution is 6.09. The Morgan fingerprint density at radius 3 is 2.58 bits per heavy atom. The first kappa shape index (κ1) is 29.4. The van der Waals surface area contributed by atoms with E-state index in [2.05, 4.69) is 102 Å². The smallest absolute Gasteiger partial charge is 0.309 e. The van der Waals surface area contributed by atoms with Gasteiger partial charge in [-0.1, -0.05) is 36.8 Å². The number of hydrogen-bond acceptors (Lipinski definition) is 3. The average Bonchev–Trinajstić information content (AvgIpc) is 3.65. The SMILES string of the molecule is COc1ccc(N2c3ccc(/C=C/C4=[N+](CCC(=O)O)c5ccc6ccccc6c5C4(C)C)cc3C3CCCC32)cc1.[I-]. The van der Waals surface area contributed by atoms with Gasteiger partial charge in [-0.05, 0) is 97.1 Å². The van der Waals surface area contributed by atoms with Gasteiger partial charge in [0.25, 0.3) is 0 Å². The number of carbonyl (C=O) groups is 1. The van der Waals surface area contributed by atoms with E-state index >= 15 is 0 Å². The van der Waals surface area contributed by atoms with Crippen LogP contribution in [0.15, 0.2) is 84.9 Å². The van der Waals surface area contributed by atoms with Gasteiger partial charge < -0.3 is 38.7 Å². The van der Waals surface area contributed by atoms with E-state index in [4.69, 9.17) is 4.74 Å². The Kier molecular flexibility index (Phi) is 7.84. The summed E-state index contributed by atoms with van der Waals surface area (Å²) in [5.41, 5.74) is 8.38. The quantitative estimate of drug-likeness (QED) is 0.215. The molecule has 1 saturated carbocycles. The molecule has 1 aliphatic carbocycles. The summed E-state index contributed by atoms with van der Waals surface area (Å²) in [6, 6.07) is 28.6. The third-order valence-corrected chi connectivity index (χ3v) is 9.61. The summed E-state index contributed by atoms with van der Waals surface area (Å²) < 4.78 is 7.62. The van der Waals surface area contributed by atoms with E-state index in [1.165, 1.54) is 58.1 Å². The van der Waals surface area contributed by atoms with Gasteiger partial charge >= 0.3 is 5.97 Å². The van der Waals surface area contributed by atoms with E-state index in [1.54, 1.807) is 7.11 Å². The fourth-order valence-corrected chi connectivity index (χ4v) is 7.72. The molecule has 2 unspecified atom stereocenters. The highest BCUT2D eigenvalue weighted by Gasteiger charge is 2.46. The number of rotatable bonds is 7. The van der Waals surface area contributed by atoms with Crippen molar-refractivity contribution < 1.29 is 43.2 Å². The molecule has 1 fully saturated rings. The van der Waals surface area contributed by atoms with Gasteiger partial charge in [-0.2, -0.15) is 4.58 Å². The van der Waals surface area contributed by atoms with Crippen molar-refractivity contribution in [1.29, 1.82) is 0 Å². The van der Waals surface area contributed by atoms with Crippen LogP contribution < -0.4 is 33.6 Å². The van der Waals surface area contributed by atoms with Crippen molar-refractivity contribution in [2.45, 2.75) is 56.9 Å². The van der Waals surface area contributed by atoms with Crippen molar-refractivity contribution in [3.05, 3.63) is 102 Å². The van der Waals surface area contributed by atoms with Crippen molar-refractivity contribution in [3.63, 3.8) is 0 Å². The average molecular weight is 685 g/mol. The summed E-state index contributed by atoms with van der Waals surface area (Å²) in [6.07, 6.45) is 8.20. The molecule has 0 amide bonds. The Morgan fingerprint density at radius 1 is 1.02 bits per heavy atom. The summed E-state index contributed by atoms with van der Waals surface area (Å²) in [5.74, 6) is 0.631. The number of hydrogen-bond donors (Lipinski definition) is 1. The molecular weight excluding hydrogens is 647 g/mol. The Bertz CT molecular complexity index is 1770. The molecule has 0 aromatic heterocycles. The third kappa shape index (κ3) is 4.93. The number of anilines is 2. The molecule has 6 heteroatoms. The van der Waals surface area contributed by atoms with E-state index in [0.717, 1.165) is 17.1 Å². The van der Waals surface area contributed by atoms with Gasteiger partial charge in [0, 0.05) is 41.0 Å². The van der Waals surface area contributed by atoms with Gasteiger partial charge in [0.05, 0.1) is 12.5 Å². The van der Waals surface area contributed by atoms with E-state index in [0.29, 0.717) is 18.5 Å². The molecule has 43 heavy (non-hydrogen) atoms. The van der Waals surface area contributed by atoms with Crippen LogP contribution in [-0.2, 0) is 10.2 Å². The van der Waals surface area contributed by atoms with Crippen LogP contribution in [0.4, 0.5) is 17.1 Å². The van der Waals surface area contributed by atoms with Crippen LogP contribution in [0.25, 0.3) is 16.8 Å². The summed E-state index contributed by atoms with van der Waals surface area (Å²) in [7, 11) is 1.71. The van der Waals surface area contributed by atoms with Crippen LogP contribution >= 0.6 is 0 Å². The van der Waals surface area contributed by atoms with Crippen LogP contribution in [0.2, 0.25) is 0 Å². The van der Waals surface area contributed by atoms with Gasteiger partial charge in [0.15, 0.2) is 12.3 Å². The van der Waals surface area contributed by atoms with Crippen molar-refractivity contribution in [3.8, 4) is 5.75 Å². The normalized spacial score (nSPS) is 19.8. The molecule has 7 rings (SSSR count). The molecule has 2 atom stereocenters. The first-order valence-corrected chi connectivity index (χ1v) is 15.0. The lowest BCUT2D eigenvalue weighted by molar-refractivity contribution is -0.436. The maximum Gasteiger partial charge on any atom is 0.309 e. The third-order valence-electron chi connectivity index (χ3n) is 9.61. The van der Waals surface area contributed by atoms with E-state index in [9.17, 15) is 9.90 Å². The largest absolute Gasteiger partial charge is 1.00 e. The zero-order valence-corrected chi connectivity index (χ0v) is 27.0. The predicted octanol–water partition coefficient (Wildman–Crippen LogP) is 5.20. The fraction of sp³-hybridized carbons (Fsp3) is 0.297. The van der Waals surface area contributed by atoms with Crippen LogP contribution in [0.5, 0.6) is 5.75 Å². The zero-order chi connectivity index (χ0) is 29.0. The molecule has 0 saturated heterocycles. The molecule has 1 N–H and O–H groups in total. The van der Waals surface area contributed by atoms with Gasteiger partial charge in [0.2, 0.25) is 5.69 Å². The van der Waals surface area contributed by atoms with Crippen LogP contribution in [0, 0.1) is 0 Å². The monoisotopic (exact) mass is 684 g/mol. The number of benzene rings is 4. The minimum atomic E-state index is -0.781. The summed E-state index contributed by atoms with van der Waals surface area (Å²) in [4.78, 5) is 14.2. The summed E-state index contributed by atoms with van der Waals surface area (Å²) in [5, 5.41) is 12.0. The number of carboxylic acids is 1. The zero-order valence-electron chi connectivity index (χ0n) is 24.9. The number of fused-ring (bicyclic) bond motifs is 6. The van der Waals surface area contributed by atoms with Crippen molar-refractivity contribution in [1.82, 2.24) is 0 Å². The summed E-state index contributed by atoms with van der Waals surface area (Å²) >= 11 is 0. The number of methoxy groups -OCH3 is 1. The second kappa shape index (κ2) is 11.5. The van der Waals surface area contributed by atoms with E-state index < -0.39 is 5.97 Å². The lowest BCUT2D eigenvalue weighted by atomic mass is 9.79. The first-order chi connectivity index (χ1) is 20.4. The summed E-state index contributed by atoms with van der Waals surface area (Å²) in [6.45, 7) is 4.96. The van der Waals surface area contributed by atoms with Gasteiger partial charge in [-0.3, -0.25) is 4.79 Å². The van der Waals surface area contributed by atoms with Crippen molar-refractivity contribution >= 4 is 45.6 Å². The number of nitrogens with zero attached hydrogens (tertiary/aromatic N) is 2. The van der Waals surface area contributed by atoms with Gasteiger partial charge in [0.1, 0.15) is 12.2 Å². The van der Waals surface area contributed by atoms with Crippen LogP contribution in [0.3, 0.4) is 0 Å². The number of halogens is 1. The molecule has 3 aliphatic rings. The number of allylic oxidation sites excluding steroid dienone is 1. The molecule has 220 valence electrons. The fourth-order valence-electron chi connectivity index (χ4n) is 7.72. The van der Waals surface area contributed by atoms with E-state index in [-0.39, 0.29) is 35.8 Å². The molecule has 4 aromatic carbocycles. The lowest BCUT2D eigenvalue weighted by Gasteiger charge is -2.27. The molecule has 2 heterocycles. The molecule has 2 aliphatic heterocycles. The maximum absolute atomic E-state index is 11.6. The number of aliphatic carboxylic acids is 1. The number of carboxylic acid groups (broad SMARTS) is 1. The molecular formula is C37H37IN2O3. The Morgan fingerprint density at radius 2 is 1.81 bits per heavy atom. The Hall–Kier alpha value is -3.65. The van der Waals surface area contributed by atoms with Crippen molar-refractivity contribution in [2.24, 2.45) is 0 Å². The molecule has 0 bridgehead atoms. The molecule has 0 radical (unpaired) electrons. The topological polar surface area (TPSA) is 52.8 Å². The highest BCUT2D eigenvalue weighted by atomic mass is 127. The molecule has 5 nitrogen and oxygen atoms in total. The first-order valence-electron chi connectivity index (χ1n) is 15.0. The van der Waals surface area contributed by atoms with Gasteiger partial charge in [-0.15, -0.1) is 0 Å². The highest BCUT2D eigenvalue weighted by Crippen LogP contribution is 2.52. The Labute approximate surface area is 270 Å². The van der Waals surface area contributed by atoms with Gasteiger partial charge in [-0.25, -0.2) is 0 Å². The second-order valence-corrected chi connectivity index (χ2v) is 12.3. The minimum absolute atomic E-state index is 0. The Balaban J connectivity index is 0.00000329. The maximum atomic E-state index is 11.6. The number of ether oxygens (including phenoxy) is 1. The predicted molar refractivity (Wildman–Crippen MR) is 170 cm³/mol.